The van der Waals surface area contributed by atoms with Crippen LogP contribution >= 0.6 is 11.6 Å². The van der Waals surface area contributed by atoms with Crippen molar-refractivity contribution in [1.82, 2.24) is 4.90 Å². The van der Waals surface area contributed by atoms with Gasteiger partial charge in [0.1, 0.15) is 11.9 Å². The van der Waals surface area contributed by atoms with Gasteiger partial charge in [-0.1, -0.05) is 17.7 Å². The summed E-state index contributed by atoms with van der Waals surface area (Å²) in [6, 6.07) is 5.96. The van der Waals surface area contributed by atoms with Crippen molar-refractivity contribution in [3.63, 3.8) is 0 Å². The maximum Gasteiger partial charge on any atom is 0.130 e. The van der Waals surface area contributed by atoms with Crippen LogP contribution in [0.25, 0.3) is 0 Å². The molecule has 1 aliphatic rings. The minimum Gasteiger partial charge on any atom is -0.373 e. The zero-order chi connectivity index (χ0) is 14.0. The average molecular weight is 283 g/mol. The van der Waals surface area contributed by atoms with Crippen LogP contribution in [0.5, 0.6) is 0 Å². The molecular formula is C14H16ClFN2O. The molecule has 0 aromatic heterocycles. The lowest BCUT2D eigenvalue weighted by molar-refractivity contribution is -0.0752. The predicted molar refractivity (Wildman–Crippen MR) is 71.3 cm³/mol. The lowest BCUT2D eigenvalue weighted by atomic mass is 10.0. The van der Waals surface area contributed by atoms with Crippen LogP contribution < -0.4 is 0 Å². The molecule has 1 aromatic rings. The van der Waals surface area contributed by atoms with E-state index in [1.54, 1.807) is 12.1 Å². The summed E-state index contributed by atoms with van der Waals surface area (Å²) in [7, 11) is 0. The summed E-state index contributed by atoms with van der Waals surface area (Å²) in [5, 5.41) is 9.69. The van der Waals surface area contributed by atoms with Gasteiger partial charge in [-0.2, -0.15) is 5.26 Å². The number of ether oxygens (including phenoxy) is 1. The second kappa shape index (κ2) is 5.87. The smallest absolute Gasteiger partial charge is 0.130 e. The molecule has 0 amide bonds. The summed E-state index contributed by atoms with van der Waals surface area (Å²) in [5.41, 5.74) is 0.257. The van der Waals surface area contributed by atoms with Crippen molar-refractivity contribution in [2.24, 2.45) is 0 Å². The molecule has 1 fully saturated rings. The van der Waals surface area contributed by atoms with Crippen molar-refractivity contribution in [3.8, 4) is 6.07 Å². The first-order valence-corrected chi connectivity index (χ1v) is 6.63. The van der Waals surface area contributed by atoms with Gasteiger partial charge in [0.15, 0.2) is 0 Å². The van der Waals surface area contributed by atoms with Crippen LogP contribution in [-0.4, -0.2) is 30.2 Å². The third-order valence-corrected chi connectivity index (χ3v) is 3.54. The third kappa shape index (κ3) is 3.06. The molecule has 0 aliphatic carbocycles. The maximum absolute atomic E-state index is 13.9. The molecule has 5 heteroatoms. The van der Waals surface area contributed by atoms with Gasteiger partial charge in [0, 0.05) is 23.7 Å². The highest BCUT2D eigenvalue weighted by Crippen LogP contribution is 2.31. The fourth-order valence-corrected chi connectivity index (χ4v) is 2.80. The number of hydrogen-bond donors (Lipinski definition) is 0. The highest BCUT2D eigenvalue weighted by Gasteiger charge is 2.31. The number of nitriles is 1. The first-order chi connectivity index (χ1) is 9.02. The standard InChI is InChI=1S/C14H16ClFN2O/c1-9-7-18(8-10(2)19-9)13(6-17)14-11(15)4-3-5-12(14)16/h3-5,9-10,13H,7-8H2,1-2H3. The number of rotatable bonds is 2. The van der Waals surface area contributed by atoms with Gasteiger partial charge in [-0.25, -0.2) is 4.39 Å². The topological polar surface area (TPSA) is 36.3 Å². The Kier molecular flexibility index (Phi) is 4.41. The number of benzene rings is 1. The summed E-state index contributed by atoms with van der Waals surface area (Å²) >= 11 is 6.05. The zero-order valence-corrected chi connectivity index (χ0v) is 11.7. The Labute approximate surface area is 117 Å². The van der Waals surface area contributed by atoms with Crippen LogP contribution in [0.4, 0.5) is 4.39 Å². The van der Waals surface area contributed by atoms with E-state index in [1.807, 2.05) is 18.7 Å². The maximum atomic E-state index is 13.9. The fraction of sp³-hybridized carbons (Fsp3) is 0.500. The molecule has 0 saturated carbocycles. The zero-order valence-electron chi connectivity index (χ0n) is 10.9. The quantitative estimate of drug-likeness (QED) is 0.836. The number of morpholine rings is 1. The molecule has 102 valence electrons. The van der Waals surface area contributed by atoms with Gasteiger partial charge in [0.2, 0.25) is 0 Å². The van der Waals surface area contributed by atoms with Gasteiger partial charge >= 0.3 is 0 Å². The molecule has 0 N–H and O–H groups in total. The van der Waals surface area contributed by atoms with Gasteiger partial charge in [-0.15, -0.1) is 0 Å². The van der Waals surface area contributed by atoms with Crippen LogP contribution in [0.15, 0.2) is 18.2 Å². The second-order valence-electron chi connectivity index (χ2n) is 4.88. The Morgan fingerprint density at radius 3 is 2.58 bits per heavy atom. The summed E-state index contributed by atoms with van der Waals surface area (Å²) in [5.74, 6) is -0.439. The molecule has 1 aromatic carbocycles. The monoisotopic (exact) mass is 282 g/mol. The molecule has 1 aliphatic heterocycles. The Balaban J connectivity index is 2.32. The normalized spacial score (nSPS) is 25.8. The van der Waals surface area contributed by atoms with Gasteiger partial charge in [0.25, 0.3) is 0 Å². The van der Waals surface area contributed by atoms with Crippen molar-refractivity contribution in [3.05, 3.63) is 34.6 Å². The van der Waals surface area contributed by atoms with Crippen LogP contribution in [0, 0.1) is 17.1 Å². The van der Waals surface area contributed by atoms with Crippen LogP contribution in [0.3, 0.4) is 0 Å². The van der Waals surface area contributed by atoms with E-state index in [0.717, 1.165) is 0 Å². The molecule has 0 radical (unpaired) electrons. The SMILES string of the molecule is CC1CN(C(C#N)c2c(F)cccc2Cl)CC(C)O1. The van der Waals surface area contributed by atoms with Crippen molar-refractivity contribution in [2.75, 3.05) is 13.1 Å². The van der Waals surface area contributed by atoms with E-state index < -0.39 is 11.9 Å². The molecular weight excluding hydrogens is 267 g/mol. The van der Waals surface area contributed by atoms with Gasteiger partial charge in [0.05, 0.1) is 18.3 Å². The van der Waals surface area contributed by atoms with Crippen molar-refractivity contribution >= 4 is 11.6 Å². The van der Waals surface area contributed by atoms with Crippen molar-refractivity contribution in [1.29, 1.82) is 5.26 Å². The first-order valence-electron chi connectivity index (χ1n) is 6.26. The molecule has 0 bridgehead atoms. The second-order valence-corrected chi connectivity index (χ2v) is 5.29. The number of nitrogens with zero attached hydrogens (tertiary/aromatic N) is 2. The van der Waals surface area contributed by atoms with Gasteiger partial charge in [-0.3, -0.25) is 4.90 Å². The van der Waals surface area contributed by atoms with Gasteiger partial charge < -0.3 is 4.74 Å². The summed E-state index contributed by atoms with van der Waals surface area (Å²) < 4.78 is 19.6. The average Bonchev–Trinajstić information content (AvgIpc) is 2.32. The van der Waals surface area contributed by atoms with E-state index in [0.29, 0.717) is 18.1 Å². The largest absolute Gasteiger partial charge is 0.373 e. The Morgan fingerprint density at radius 1 is 1.42 bits per heavy atom. The molecule has 3 atom stereocenters. The van der Waals surface area contributed by atoms with Crippen LogP contribution in [0.2, 0.25) is 5.02 Å². The van der Waals surface area contributed by atoms with E-state index in [-0.39, 0.29) is 17.8 Å². The molecule has 3 unspecified atom stereocenters. The van der Waals surface area contributed by atoms with Crippen molar-refractivity contribution < 1.29 is 9.13 Å². The Bertz CT molecular complexity index is 472. The molecule has 19 heavy (non-hydrogen) atoms. The minimum absolute atomic E-state index is 0.0187. The predicted octanol–water partition coefficient (Wildman–Crippen LogP) is 3.15. The number of halogens is 2. The highest BCUT2D eigenvalue weighted by molar-refractivity contribution is 6.31. The van der Waals surface area contributed by atoms with E-state index in [9.17, 15) is 9.65 Å². The summed E-state index contributed by atoms with van der Waals surface area (Å²) in [4.78, 5) is 1.92. The van der Waals surface area contributed by atoms with Crippen LogP contribution in [-0.2, 0) is 4.74 Å². The fourth-order valence-electron chi connectivity index (χ4n) is 2.53. The molecule has 1 saturated heterocycles. The first kappa shape index (κ1) is 14.3. The molecule has 3 nitrogen and oxygen atoms in total. The minimum atomic E-state index is -0.678. The van der Waals surface area contributed by atoms with E-state index in [2.05, 4.69) is 6.07 Å². The molecule has 1 heterocycles. The number of hydrogen-bond acceptors (Lipinski definition) is 3. The van der Waals surface area contributed by atoms with E-state index >= 15 is 0 Å². The molecule has 2 rings (SSSR count). The highest BCUT2D eigenvalue weighted by atomic mass is 35.5. The summed E-state index contributed by atoms with van der Waals surface area (Å²) in [6.07, 6.45) is 0.0373. The van der Waals surface area contributed by atoms with Crippen molar-refractivity contribution in [2.45, 2.75) is 32.1 Å². The van der Waals surface area contributed by atoms with E-state index in [4.69, 9.17) is 16.3 Å². The Morgan fingerprint density at radius 2 is 2.05 bits per heavy atom. The van der Waals surface area contributed by atoms with Gasteiger partial charge in [-0.05, 0) is 26.0 Å². The lowest BCUT2D eigenvalue weighted by Gasteiger charge is -2.38. The van der Waals surface area contributed by atoms with Crippen LogP contribution in [0.1, 0.15) is 25.5 Å². The lowest BCUT2D eigenvalue weighted by Crippen LogP contribution is -2.46. The van der Waals surface area contributed by atoms with E-state index in [1.165, 1.54) is 6.07 Å². The third-order valence-electron chi connectivity index (χ3n) is 3.21. The summed E-state index contributed by atoms with van der Waals surface area (Å²) in [6.45, 7) is 5.07. The molecule has 0 spiro atoms. The Hall–Kier alpha value is -1.15.